The fourth-order valence-electron chi connectivity index (χ4n) is 1.40. The molecule has 80 valence electrons. The maximum atomic E-state index is 5.50. The molecule has 0 spiro atoms. The highest BCUT2D eigenvalue weighted by atomic mass is 79.9. The second kappa shape index (κ2) is 4.09. The summed E-state index contributed by atoms with van der Waals surface area (Å²) in [6, 6.07) is -0.245. The number of aryl methyl sites for hydroxylation is 1. The standard InChI is InChI=1S/C7H10BrN7/c1-15-7(4(8)2-11-15)6(12-9)5-3-10-14-13-5/h2-3,6,12H,9H2,1H3,(H,10,13,14). The van der Waals surface area contributed by atoms with E-state index in [0.717, 1.165) is 10.2 Å². The van der Waals surface area contributed by atoms with E-state index in [2.05, 4.69) is 41.9 Å². The van der Waals surface area contributed by atoms with Crippen molar-refractivity contribution in [3.63, 3.8) is 0 Å². The Morgan fingerprint density at radius 3 is 2.87 bits per heavy atom. The number of nitrogens with two attached hydrogens (primary N) is 1. The third-order valence-corrected chi connectivity index (χ3v) is 2.72. The lowest BCUT2D eigenvalue weighted by Gasteiger charge is -2.13. The van der Waals surface area contributed by atoms with Gasteiger partial charge in [0.25, 0.3) is 0 Å². The predicted octanol–water partition coefficient (Wildman–Crippen LogP) is -0.147. The van der Waals surface area contributed by atoms with E-state index in [1.54, 1.807) is 17.1 Å². The van der Waals surface area contributed by atoms with Crippen LogP contribution in [0.4, 0.5) is 0 Å². The molecule has 0 bridgehead atoms. The van der Waals surface area contributed by atoms with Gasteiger partial charge in [-0.15, -0.1) is 0 Å². The Bertz CT molecular complexity index is 415. The minimum absolute atomic E-state index is 0.245. The molecule has 0 saturated carbocycles. The minimum atomic E-state index is -0.245. The first-order valence-electron chi connectivity index (χ1n) is 4.23. The zero-order chi connectivity index (χ0) is 10.8. The summed E-state index contributed by atoms with van der Waals surface area (Å²) < 4.78 is 2.60. The lowest BCUT2D eigenvalue weighted by Crippen LogP contribution is -2.31. The van der Waals surface area contributed by atoms with Gasteiger partial charge in [-0.2, -0.15) is 20.5 Å². The SMILES string of the molecule is Cn1ncc(Br)c1C(NN)c1cn[nH]n1. The molecule has 1 atom stereocenters. The number of nitrogens with zero attached hydrogens (tertiary/aromatic N) is 4. The molecule has 7 nitrogen and oxygen atoms in total. The van der Waals surface area contributed by atoms with Gasteiger partial charge in [-0.1, -0.05) is 0 Å². The van der Waals surface area contributed by atoms with Crippen LogP contribution in [0.1, 0.15) is 17.4 Å². The van der Waals surface area contributed by atoms with Gasteiger partial charge in [-0.25, -0.2) is 5.43 Å². The summed E-state index contributed by atoms with van der Waals surface area (Å²) in [7, 11) is 1.84. The summed E-state index contributed by atoms with van der Waals surface area (Å²) in [6.07, 6.45) is 3.32. The van der Waals surface area contributed by atoms with Gasteiger partial charge < -0.3 is 0 Å². The van der Waals surface area contributed by atoms with Crippen molar-refractivity contribution < 1.29 is 0 Å². The van der Waals surface area contributed by atoms with Gasteiger partial charge in [0.2, 0.25) is 0 Å². The highest BCUT2D eigenvalue weighted by molar-refractivity contribution is 9.10. The number of hydrogen-bond donors (Lipinski definition) is 3. The van der Waals surface area contributed by atoms with Crippen molar-refractivity contribution >= 4 is 15.9 Å². The molecule has 0 aromatic carbocycles. The first-order chi connectivity index (χ1) is 7.24. The van der Waals surface area contributed by atoms with Crippen LogP contribution in [0.25, 0.3) is 0 Å². The topological polar surface area (TPSA) is 97.4 Å². The average Bonchev–Trinajstić information content (AvgIpc) is 2.83. The number of hydrazine groups is 1. The molecule has 0 aliphatic heterocycles. The Hall–Kier alpha value is -1.25. The highest BCUT2D eigenvalue weighted by Gasteiger charge is 2.21. The number of aromatic nitrogens is 5. The summed E-state index contributed by atoms with van der Waals surface area (Å²) >= 11 is 3.41. The number of hydrogen-bond acceptors (Lipinski definition) is 5. The summed E-state index contributed by atoms with van der Waals surface area (Å²) in [6.45, 7) is 0. The van der Waals surface area contributed by atoms with Crippen LogP contribution >= 0.6 is 15.9 Å². The molecule has 0 radical (unpaired) electrons. The van der Waals surface area contributed by atoms with E-state index in [0.29, 0.717) is 5.69 Å². The molecule has 0 aliphatic rings. The molecule has 1 unspecified atom stereocenters. The van der Waals surface area contributed by atoms with E-state index >= 15 is 0 Å². The van der Waals surface area contributed by atoms with Crippen LogP contribution in [-0.2, 0) is 7.05 Å². The average molecular weight is 272 g/mol. The van der Waals surface area contributed by atoms with Gasteiger partial charge in [-0.3, -0.25) is 10.5 Å². The van der Waals surface area contributed by atoms with E-state index in [1.165, 1.54) is 0 Å². The maximum absolute atomic E-state index is 5.50. The van der Waals surface area contributed by atoms with Crippen LogP contribution in [0, 0.1) is 0 Å². The molecule has 0 aliphatic carbocycles. The Morgan fingerprint density at radius 2 is 2.40 bits per heavy atom. The van der Waals surface area contributed by atoms with E-state index < -0.39 is 0 Å². The molecular weight excluding hydrogens is 262 g/mol. The normalized spacial score (nSPS) is 13.0. The second-order valence-electron chi connectivity index (χ2n) is 3.00. The number of nitrogens with one attached hydrogen (secondary N) is 2. The van der Waals surface area contributed by atoms with Crippen molar-refractivity contribution in [3.8, 4) is 0 Å². The molecule has 0 fully saturated rings. The number of rotatable bonds is 3. The van der Waals surface area contributed by atoms with Gasteiger partial charge >= 0.3 is 0 Å². The van der Waals surface area contributed by atoms with E-state index in [1.807, 2.05) is 7.05 Å². The lowest BCUT2D eigenvalue weighted by molar-refractivity contribution is 0.561. The van der Waals surface area contributed by atoms with E-state index in [4.69, 9.17) is 5.84 Å². The Morgan fingerprint density at radius 1 is 1.60 bits per heavy atom. The third kappa shape index (κ3) is 1.78. The summed E-state index contributed by atoms with van der Waals surface area (Å²) in [5.41, 5.74) is 4.28. The molecule has 15 heavy (non-hydrogen) atoms. The molecule has 8 heteroatoms. The summed E-state index contributed by atoms with van der Waals surface area (Å²) in [4.78, 5) is 0. The second-order valence-corrected chi connectivity index (χ2v) is 3.85. The van der Waals surface area contributed by atoms with Crippen LogP contribution in [0.15, 0.2) is 16.9 Å². The van der Waals surface area contributed by atoms with Crippen molar-refractivity contribution in [1.29, 1.82) is 0 Å². The third-order valence-electron chi connectivity index (χ3n) is 2.11. The quantitative estimate of drug-likeness (QED) is 0.533. The van der Waals surface area contributed by atoms with Crippen molar-refractivity contribution in [2.45, 2.75) is 6.04 Å². The molecule has 2 aromatic rings. The minimum Gasteiger partial charge on any atom is -0.270 e. The van der Waals surface area contributed by atoms with Gasteiger partial charge in [0.05, 0.1) is 22.6 Å². The summed E-state index contributed by atoms with van der Waals surface area (Å²) in [5.74, 6) is 5.50. The Labute approximate surface area is 94.1 Å². The molecule has 0 saturated heterocycles. The largest absolute Gasteiger partial charge is 0.270 e. The molecule has 4 N–H and O–H groups in total. The number of aromatic amines is 1. The molecular formula is C7H10BrN7. The van der Waals surface area contributed by atoms with Crippen LogP contribution in [-0.4, -0.2) is 25.2 Å². The Balaban J connectivity index is 2.44. The predicted molar refractivity (Wildman–Crippen MR) is 56.5 cm³/mol. The first-order valence-corrected chi connectivity index (χ1v) is 5.02. The van der Waals surface area contributed by atoms with Gasteiger partial charge in [0.1, 0.15) is 11.7 Å². The first kappa shape index (κ1) is 10.3. The van der Waals surface area contributed by atoms with Crippen molar-refractivity contribution in [3.05, 3.63) is 28.3 Å². The zero-order valence-corrected chi connectivity index (χ0v) is 9.56. The zero-order valence-electron chi connectivity index (χ0n) is 7.98. The van der Waals surface area contributed by atoms with Crippen molar-refractivity contribution in [2.75, 3.05) is 0 Å². The van der Waals surface area contributed by atoms with Crippen LogP contribution < -0.4 is 11.3 Å². The summed E-state index contributed by atoms with van der Waals surface area (Å²) in [5, 5.41) is 14.4. The van der Waals surface area contributed by atoms with Crippen LogP contribution in [0.3, 0.4) is 0 Å². The Kier molecular flexibility index (Phi) is 2.80. The van der Waals surface area contributed by atoms with Crippen LogP contribution in [0.5, 0.6) is 0 Å². The number of halogens is 1. The van der Waals surface area contributed by atoms with E-state index in [-0.39, 0.29) is 6.04 Å². The monoisotopic (exact) mass is 271 g/mol. The smallest absolute Gasteiger partial charge is 0.109 e. The maximum Gasteiger partial charge on any atom is 0.109 e. The fraction of sp³-hybridized carbons (Fsp3) is 0.286. The van der Waals surface area contributed by atoms with Crippen molar-refractivity contribution in [1.82, 2.24) is 30.6 Å². The lowest BCUT2D eigenvalue weighted by atomic mass is 10.1. The van der Waals surface area contributed by atoms with Gasteiger partial charge in [0, 0.05) is 7.05 Å². The highest BCUT2D eigenvalue weighted by Crippen LogP contribution is 2.25. The number of H-pyrrole nitrogens is 1. The molecule has 0 amide bonds. The molecule has 2 aromatic heterocycles. The molecule has 2 heterocycles. The van der Waals surface area contributed by atoms with Gasteiger partial charge in [0.15, 0.2) is 0 Å². The van der Waals surface area contributed by atoms with E-state index in [9.17, 15) is 0 Å². The van der Waals surface area contributed by atoms with Gasteiger partial charge in [-0.05, 0) is 15.9 Å². The van der Waals surface area contributed by atoms with Crippen LogP contribution in [0.2, 0.25) is 0 Å². The van der Waals surface area contributed by atoms with Crippen molar-refractivity contribution in [2.24, 2.45) is 12.9 Å². The fourth-order valence-corrected chi connectivity index (χ4v) is 1.98. The molecule has 2 rings (SSSR count).